The molecule has 3 rings (SSSR count). The molecule has 2 heterocycles. The van der Waals surface area contributed by atoms with Crippen molar-refractivity contribution in [2.75, 3.05) is 13.1 Å². The fraction of sp³-hybridized carbons (Fsp3) is 0.278. The predicted molar refractivity (Wildman–Crippen MR) is 107 cm³/mol. The Hall–Kier alpha value is -2.68. The van der Waals surface area contributed by atoms with Gasteiger partial charge in [0, 0.05) is 29.7 Å². The maximum atomic E-state index is 12.7. The van der Waals surface area contributed by atoms with Gasteiger partial charge in [-0.25, -0.2) is 8.42 Å². The molecule has 1 aromatic heterocycles. The number of hydrogen-bond donors (Lipinski definition) is 3. The highest BCUT2D eigenvalue weighted by atomic mass is 79.9. The summed E-state index contributed by atoms with van der Waals surface area (Å²) in [5.74, 6) is -1.25. The quantitative estimate of drug-likeness (QED) is 0.571. The monoisotopic (exact) mass is 479 g/mol. The Kier molecular flexibility index (Phi) is 6.36. The van der Waals surface area contributed by atoms with Gasteiger partial charge in [-0.1, -0.05) is 0 Å². The van der Waals surface area contributed by atoms with E-state index in [-0.39, 0.29) is 23.9 Å². The first-order valence-corrected chi connectivity index (χ1v) is 11.0. The highest BCUT2D eigenvalue weighted by Gasteiger charge is 2.32. The number of hydrazine groups is 1. The van der Waals surface area contributed by atoms with Crippen molar-refractivity contribution in [2.45, 2.75) is 17.7 Å². The molecule has 152 valence electrons. The van der Waals surface area contributed by atoms with Gasteiger partial charge in [-0.2, -0.15) is 9.57 Å². The van der Waals surface area contributed by atoms with Crippen LogP contribution in [0.1, 0.15) is 28.9 Å². The molecular formula is C18H18BrN5O4S. The van der Waals surface area contributed by atoms with E-state index in [2.05, 4.69) is 31.8 Å². The Labute approximate surface area is 176 Å². The summed E-state index contributed by atoms with van der Waals surface area (Å²) in [6, 6.07) is 9.25. The van der Waals surface area contributed by atoms with E-state index in [1.54, 1.807) is 12.3 Å². The van der Waals surface area contributed by atoms with E-state index < -0.39 is 21.8 Å². The Morgan fingerprint density at radius 2 is 1.83 bits per heavy atom. The summed E-state index contributed by atoms with van der Waals surface area (Å²) in [5.41, 5.74) is 5.40. The van der Waals surface area contributed by atoms with Gasteiger partial charge >= 0.3 is 0 Å². The molecule has 11 heteroatoms. The Morgan fingerprint density at radius 1 is 1.17 bits per heavy atom. The van der Waals surface area contributed by atoms with E-state index in [9.17, 15) is 18.0 Å². The van der Waals surface area contributed by atoms with E-state index in [1.807, 2.05) is 6.07 Å². The van der Waals surface area contributed by atoms with Crippen LogP contribution in [-0.2, 0) is 14.8 Å². The Morgan fingerprint density at radius 3 is 2.38 bits per heavy atom. The molecule has 0 bridgehead atoms. The molecule has 2 amide bonds. The number of aromatic amines is 1. The number of carbonyl (C=O) groups is 2. The number of carbonyl (C=O) groups excluding carboxylic acids is 2. The van der Waals surface area contributed by atoms with Crippen molar-refractivity contribution in [1.82, 2.24) is 20.1 Å². The lowest BCUT2D eigenvalue weighted by Gasteiger charge is -2.30. The minimum Gasteiger partial charge on any atom is -0.356 e. The van der Waals surface area contributed by atoms with Crippen molar-refractivity contribution in [3.63, 3.8) is 0 Å². The van der Waals surface area contributed by atoms with Gasteiger partial charge in [-0.05, 0) is 59.1 Å². The standard InChI is InChI=1S/C18H18BrN5O4S/c19-14-9-16(21-11-14)18(26)23-22-17(25)13-5-7-24(8-6-13)29(27,28)15-3-1-12(10-20)2-4-15/h1-4,9,11,13,21H,5-8H2,(H,22,25)(H,23,26). The van der Waals surface area contributed by atoms with Crippen molar-refractivity contribution < 1.29 is 18.0 Å². The van der Waals surface area contributed by atoms with E-state index >= 15 is 0 Å². The lowest BCUT2D eigenvalue weighted by molar-refractivity contribution is -0.126. The number of nitrogens with one attached hydrogen (secondary N) is 3. The van der Waals surface area contributed by atoms with Crippen molar-refractivity contribution in [2.24, 2.45) is 5.92 Å². The van der Waals surface area contributed by atoms with Crippen LogP contribution in [0.4, 0.5) is 0 Å². The highest BCUT2D eigenvalue weighted by molar-refractivity contribution is 9.10. The fourth-order valence-corrected chi connectivity index (χ4v) is 4.81. The maximum Gasteiger partial charge on any atom is 0.286 e. The van der Waals surface area contributed by atoms with Gasteiger partial charge in [0.05, 0.1) is 16.5 Å². The Bertz CT molecular complexity index is 1050. The molecule has 29 heavy (non-hydrogen) atoms. The van der Waals surface area contributed by atoms with Crippen LogP contribution in [0.5, 0.6) is 0 Å². The molecule has 0 radical (unpaired) electrons. The summed E-state index contributed by atoms with van der Waals surface area (Å²) in [4.78, 5) is 27.1. The first-order chi connectivity index (χ1) is 13.8. The molecule has 1 saturated heterocycles. The van der Waals surface area contributed by atoms with E-state index in [0.717, 1.165) is 0 Å². The molecule has 1 aliphatic rings. The van der Waals surface area contributed by atoms with Gasteiger partial charge in [-0.15, -0.1) is 0 Å². The van der Waals surface area contributed by atoms with Crippen LogP contribution in [0.25, 0.3) is 0 Å². The second kappa shape index (κ2) is 8.77. The lowest BCUT2D eigenvalue weighted by atomic mass is 9.98. The fourth-order valence-electron chi connectivity index (χ4n) is 3.00. The summed E-state index contributed by atoms with van der Waals surface area (Å²) in [7, 11) is -3.68. The van der Waals surface area contributed by atoms with Crippen LogP contribution in [0.3, 0.4) is 0 Å². The number of rotatable bonds is 4. The minimum atomic E-state index is -3.68. The SMILES string of the molecule is N#Cc1ccc(S(=O)(=O)N2CCC(C(=O)NNC(=O)c3cc(Br)c[nH]3)CC2)cc1. The molecule has 0 aliphatic carbocycles. The second-order valence-electron chi connectivity index (χ2n) is 6.49. The molecule has 3 N–H and O–H groups in total. The summed E-state index contributed by atoms with van der Waals surface area (Å²) in [5, 5.41) is 8.83. The van der Waals surface area contributed by atoms with Crippen LogP contribution in [0.15, 0.2) is 45.9 Å². The zero-order valence-corrected chi connectivity index (χ0v) is 17.6. The average molecular weight is 480 g/mol. The number of sulfonamides is 1. The van der Waals surface area contributed by atoms with Gasteiger partial charge in [-0.3, -0.25) is 20.4 Å². The van der Waals surface area contributed by atoms with E-state index in [0.29, 0.717) is 28.6 Å². The molecule has 1 fully saturated rings. The molecule has 0 spiro atoms. The Balaban J connectivity index is 1.53. The summed E-state index contributed by atoms with van der Waals surface area (Å²) in [6.45, 7) is 0.385. The van der Waals surface area contributed by atoms with Crippen LogP contribution < -0.4 is 10.9 Å². The van der Waals surface area contributed by atoms with Crippen molar-refractivity contribution in [3.8, 4) is 6.07 Å². The van der Waals surface area contributed by atoms with Crippen molar-refractivity contribution in [1.29, 1.82) is 5.26 Å². The normalized spacial score (nSPS) is 15.4. The number of nitrogens with zero attached hydrogens (tertiary/aromatic N) is 2. The lowest BCUT2D eigenvalue weighted by Crippen LogP contribution is -2.48. The van der Waals surface area contributed by atoms with Crippen molar-refractivity contribution >= 4 is 37.8 Å². The number of nitriles is 1. The van der Waals surface area contributed by atoms with Gasteiger partial charge < -0.3 is 4.98 Å². The molecule has 9 nitrogen and oxygen atoms in total. The maximum absolute atomic E-state index is 12.7. The number of hydrogen-bond acceptors (Lipinski definition) is 5. The second-order valence-corrected chi connectivity index (χ2v) is 9.34. The van der Waals surface area contributed by atoms with E-state index in [1.165, 1.54) is 28.6 Å². The summed E-state index contributed by atoms with van der Waals surface area (Å²) < 4.78 is 27.5. The van der Waals surface area contributed by atoms with Gasteiger partial charge in [0.1, 0.15) is 5.69 Å². The number of amides is 2. The number of piperidine rings is 1. The van der Waals surface area contributed by atoms with Gasteiger partial charge in [0.15, 0.2) is 0 Å². The molecule has 0 atom stereocenters. The zero-order valence-electron chi connectivity index (χ0n) is 15.2. The molecule has 1 aromatic carbocycles. The minimum absolute atomic E-state index is 0.115. The molecule has 2 aromatic rings. The number of aromatic nitrogens is 1. The average Bonchev–Trinajstić information content (AvgIpc) is 3.18. The van der Waals surface area contributed by atoms with Crippen LogP contribution in [0, 0.1) is 17.2 Å². The van der Waals surface area contributed by atoms with Crippen LogP contribution >= 0.6 is 15.9 Å². The number of halogens is 1. The van der Waals surface area contributed by atoms with Crippen LogP contribution in [-0.4, -0.2) is 42.6 Å². The highest BCUT2D eigenvalue weighted by Crippen LogP contribution is 2.24. The summed E-state index contributed by atoms with van der Waals surface area (Å²) >= 11 is 3.22. The third-order valence-electron chi connectivity index (χ3n) is 4.64. The molecule has 1 aliphatic heterocycles. The molecule has 0 saturated carbocycles. The third kappa shape index (κ3) is 4.84. The summed E-state index contributed by atoms with van der Waals surface area (Å²) in [6.07, 6.45) is 2.28. The zero-order chi connectivity index (χ0) is 21.0. The van der Waals surface area contributed by atoms with Crippen molar-refractivity contribution in [3.05, 3.63) is 52.3 Å². The predicted octanol–water partition coefficient (Wildman–Crippen LogP) is 1.51. The largest absolute Gasteiger partial charge is 0.356 e. The first kappa shape index (κ1) is 21.0. The number of H-pyrrole nitrogens is 1. The third-order valence-corrected chi connectivity index (χ3v) is 7.01. The van der Waals surface area contributed by atoms with Gasteiger partial charge in [0.25, 0.3) is 5.91 Å². The molecular weight excluding hydrogens is 462 g/mol. The number of benzene rings is 1. The smallest absolute Gasteiger partial charge is 0.286 e. The molecule has 0 unspecified atom stereocenters. The topological polar surface area (TPSA) is 135 Å². The van der Waals surface area contributed by atoms with Crippen LogP contribution in [0.2, 0.25) is 0 Å². The van der Waals surface area contributed by atoms with Gasteiger partial charge in [0.2, 0.25) is 15.9 Å². The first-order valence-electron chi connectivity index (χ1n) is 8.75. The van der Waals surface area contributed by atoms with E-state index in [4.69, 9.17) is 5.26 Å².